The van der Waals surface area contributed by atoms with Crippen LogP contribution in [0.25, 0.3) is 0 Å². The minimum Gasteiger partial charge on any atom is -0.464 e. The van der Waals surface area contributed by atoms with E-state index in [0.29, 0.717) is 0 Å². The molecule has 0 spiro atoms. The summed E-state index contributed by atoms with van der Waals surface area (Å²) in [5.41, 5.74) is -1.21. The SMILES string of the molecule is COC(=O)c1ccnc(OCC2c3ccccc3CN2c2cc[nH]c(=O)c2C(F)(F)F)n1. The number of esters is 1. The van der Waals surface area contributed by atoms with E-state index in [2.05, 4.69) is 19.7 Å². The van der Waals surface area contributed by atoms with Crippen LogP contribution >= 0.6 is 0 Å². The van der Waals surface area contributed by atoms with Crippen LogP contribution in [0.4, 0.5) is 18.9 Å². The number of benzene rings is 1. The van der Waals surface area contributed by atoms with Gasteiger partial charge in [-0.05, 0) is 23.3 Å². The van der Waals surface area contributed by atoms with Crippen molar-refractivity contribution in [3.8, 4) is 6.01 Å². The maximum absolute atomic E-state index is 13.7. The number of rotatable bonds is 5. The Labute approximate surface area is 179 Å². The third-order valence-electron chi connectivity index (χ3n) is 5.06. The number of anilines is 1. The van der Waals surface area contributed by atoms with E-state index in [1.54, 1.807) is 24.3 Å². The molecule has 166 valence electrons. The molecule has 0 fully saturated rings. The van der Waals surface area contributed by atoms with E-state index in [-0.39, 0.29) is 30.5 Å². The van der Waals surface area contributed by atoms with Crippen molar-refractivity contribution in [3.63, 3.8) is 0 Å². The summed E-state index contributed by atoms with van der Waals surface area (Å²) in [6.07, 6.45) is -2.35. The first-order chi connectivity index (χ1) is 15.3. The molecule has 8 nitrogen and oxygen atoms in total. The highest BCUT2D eigenvalue weighted by molar-refractivity contribution is 5.87. The number of fused-ring (bicyclic) bond motifs is 1. The molecular formula is C21H17F3N4O4. The molecule has 1 aliphatic rings. The van der Waals surface area contributed by atoms with E-state index in [0.717, 1.165) is 11.1 Å². The number of alkyl halides is 3. The zero-order valence-electron chi connectivity index (χ0n) is 16.7. The Balaban J connectivity index is 1.69. The smallest absolute Gasteiger partial charge is 0.423 e. The molecule has 1 atom stereocenters. The van der Waals surface area contributed by atoms with Crippen molar-refractivity contribution < 1.29 is 27.4 Å². The number of methoxy groups -OCH3 is 1. The Hall–Kier alpha value is -3.89. The Kier molecular flexibility index (Phi) is 5.56. The number of ether oxygens (including phenoxy) is 2. The monoisotopic (exact) mass is 446 g/mol. The summed E-state index contributed by atoms with van der Waals surface area (Å²) < 4.78 is 51.3. The Morgan fingerprint density at radius 1 is 1.25 bits per heavy atom. The van der Waals surface area contributed by atoms with Crippen molar-refractivity contribution in [2.75, 3.05) is 18.6 Å². The van der Waals surface area contributed by atoms with Gasteiger partial charge in [-0.3, -0.25) is 4.79 Å². The molecule has 2 aromatic heterocycles. The molecule has 1 unspecified atom stereocenters. The minimum atomic E-state index is -4.84. The lowest BCUT2D eigenvalue weighted by atomic mass is 10.1. The zero-order valence-corrected chi connectivity index (χ0v) is 16.7. The molecule has 3 heterocycles. The molecule has 0 amide bonds. The second-order valence-electron chi connectivity index (χ2n) is 6.93. The van der Waals surface area contributed by atoms with Crippen LogP contribution in [0.5, 0.6) is 6.01 Å². The average Bonchev–Trinajstić information content (AvgIpc) is 3.14. The molecule has 4 rings (SSSR count). The first kappa shape index (κ1) is 21.3. The van der Waals surface area contributed by atoms with E-state index in [4.69, 9.17) is 4.74 Å². The van der Waals surface area contributed by atoms with Gasteiger partial charge >= 0.3 is 18.2 Å². The van der Waals surface area contributed by atoms with Gasteiger partial charge in [0.2, 0.25) is 0 Å². The number of aromatic amines is 1. The summed E-state index contributed by atoms with van der Waals surface area (Å²) in [5, 5.41) is 0. The lowest BCUT2D eigenvalue weighted by Gasteiger charge is -2.29. The fraction of sp³-hybridized carbons (Fsp3) is 0.238. The first-order valence-electron chi connectivity index (χ1n) is 9.47. The van der Waals surface area contributed by atoms with Crippen molar-refractivity contribution in [2.24, 2.45) is 0 Å². The Morgan fingerprint density at radius 2 is 2.03 bits per heavy atom. The van der Waals surface area contributed by atoms with E-state index >= 15 is 0 Å². The van der Waals surface area contributed by atoms with E-state index in [9.17, 15) is 22.8 Å². The minimum absolute atomic E-state index is 0.0184. The quantitative estimate of drug-likeness (QED) is 0.602. The number of halogens is 3. The average molecular weight is 446 g/mol. The summed E-state index contributed by atoms with van der Waals surface area (Å²) in [4.78, 5) is 35.2. The maximum atomic E-state index is 13.7. The van der Waals surface area contributed by atoms with Gasteiger partial charge < -0.3 is 19.4 Å². The van der Waals surface area contributed by atoms with Gasteiger partial charge in [0.05, 0.1) is 18.8 Å². The molecular weight excluding hydrogens is 429 g/mol. The lowest BCUT2D eigenvalue weighted by Crippen LogP contribution is -2.32. The second-order valence-corrected chi connectivity index (χ2v) is 6.93. The van der Waals surface area contributed by atoms with Crippen LogP contribution in [-0.4, -0.2) is 34.6 Å². The van der Waals surface area contributed by atoms with Gasteiger partial charge in [-0.1, -0.05) is 24.3 Å². The topological polar surface area (TPSA) is 97.4 Å². The van der Waals surface area contributed by atoms with Gasteiger partial charge in [0.1, 0.15) is 12.2 Å². The largest absolute Gasteiger partial charge is 0.464 e. The van der Waals surface area contributed by atoms with Crippen LogP contribution in [0, 0.1) is 0 Å². The molecule has 0 bridgehead atoms. The van der Waals surface area contributed by atoms with Crippen LogP contribution in [-0.2, 0) is 17.5 Å². The van der Waals surface area contributed by atoms with Crippen LogP contribution in [0.1, 0.15) is 33.2 Å². The van der Waals surface area contributed by atoms with Crippen molar-refractivity contribution in [1.29, 1.82) is 0 Å². The van der Waals surface area contributed by atoms with E-state index < -0.39 is 29.3 Å². The van der Waals surface area contributed by atoms with Gasteiger partial charge in [0.25, 0.3) is 5.56 Å². The second kappa shape index (κ2) is 8.33. The highest BCUT2D eigenvalue weighted by Crippen LogP contribution is 2.42. The molecule has 1 N–H and O–H groups in total. The van der Waals surface area contributed by atoms with Crippen LogP contribution in [0.3, 0.4) is 0 Å². The summed E-state index contributed by atoms with van der Waals surface area (Å²) in [6.45, 7) is 0.0333. The summed E-state index contributed by atoms with van der Waals surface area (Å²) in [7, 11) is 1.21. The summed E-state index contributed by atoms with van der Waals surface area (Å²) >= 11 is 0. The van der Waals surface area contributed by atoms with Crippen molar-refractivity contribution >= 4 is 11.7 Å². The number of H-pyrrole nitrogens is 1. The van der Waals surface area contributed by atoms with E-state index in [1.807, 2.05) is 0 Å². The molecule has 3 aromatic rings. The third kappa shape index (κ3) is 4.01. The fourth-order valence-corrected chi connectivity index (χ4v) is 3.66. The Bertz CT molecular complexity index is 1210. The summed E-state index contributed by atoms with van der Waals surface area (Å²) in [6, 6.07) is 8.93. The number of pyridine rings is 1. The molecule has 0 saturated heterocycles. The third-order valence-corrected chi connectivity index (χ3v) is 5.06. The van der Waals surface area contributed by atoms with Crippen molar-refractivity contribution in [2.45, 2.75) is 18.8 Å². The number of aromatic nitrogens is 3. The number of nitrogens with one attached hydrogen (secondary N) is 1. The van der Waals surface area contributed by atoms with Crippen LogP contribution in [0.2, 0.25) is 0 Å². The van der Waals surface area contributed by atoms with Crippen LogP contribution < -0.4 is 15.2 Å². The first-order valence-corrected chi connectivity index (χ1v) is 9.47. The highest BCUT2D eigenvalue weighted by Gasteiger charge is 2.41. The maximum Gasteiger partial charge on any atom is 0.423 e. The van der Waals surface area contributed by atoms with Gasteiger partial charge in [-0.25, -0.2) is 9.78 Å². The van der Waals surface area contributed by atoms with Crippen LogP contribution in [0.15, 0.2) is 53.6 Å². The highest BCUT2D eigenvalue weighted by atomic mass is 19.4. The normalized spacial score (nSPS) is 15.4. The zero-order chi connectivity index (χ0) is 22.9. The number of carbonyl (C=O) groups is 1. The molecule has 1 aromatic carbocycles. The van der Waals surface area contributed by atoms with Crippen molar-refractivity contribution in [1.82, 2.24) is 15.0 Å². The number of hydrogen-bond donors (Lipinski definition) is 1. The Morgan fingerprint density at radius 3 is 2.78 bits per heavy atom. The number of hydrogen-bond acceptors (Lipinski definition) is 7. The standard InChI is InChI=1S/C21H17F3N4O4/c1-31-19(30)14-6-8-26-20(27-14)32-11-16-13-5-3-2-4-12(13)10-28(16)15-7-9-25-18(29)17(15)21(22,23)24/h2-9,16H,10-11H2,1H3,(H,25,29). The van der Waals surface area contributed by atoms with Gasteiger partial charge in [0.15, 0.2) is 5.69 Å². The molecule has 11 heteroatoms. The lowest BCUT2D eigenvalue weighted by molar-refractivity contribution is -0.138. The molecule has 0 radical (unpaired) electrons. The molecule has 0 saturated carbocycles. The van der Waals surface area contributed by atoms with Crippen molar-refractivity contribution in [3.05, 3.63) is 81.5 Å². The number of nitrogens with zero attached hydrogens (tertiary/aromatic N) is 3. The number of carbonyl (C=O) groups excluding carboxylic acids is 1. The molecule has 1 aliphatic heterocycles. The fourth-order valence-electron chi connectivity index (χ4n) is 3.66. The summed E-state index contributed by atoms with van der Waals surface area (Å²) in [5.74, 6) is -0.677. The van der Waals surface area contributed by atoms with Gasteiger partial charge in [-0.2, -0.15) is 18.2 Å². The predicted molar refractivity (Wildman–Crippen MR) is 106 cm³/mol. The predicted octanol–water partition coefficient (Wildman–Crippen LogP) is 3.11. The van der Waals surface area contributed by atoms with Gasteiger partial charge in [0, 0.05) is 18.9 Å². The van der Waals surface area contributed by atoms with Gasteiger partial charge in [-0.15, -0.1) is 0 Å². The van der Waals surface area contributed by atoms with E-state index in [1.165, 1.54) is 36.5 Å². The molecule has 32 heavy (non-hydrogen) atoms. The molecule has 0 aliphatic carbocycles.